The Labute approximate surface area is 137 Å². The molecule has 0 fully saturated rings. The minimum Gasteiger partial charge on any atom is -0.340 e. The molecule has 120 valence electrons. The Bertz CT molecular complexity index is 639. The van der Waals surface area contributed by atoms with E-state index in [9.17, 15) is 4.79 Å². The molecule has 6 heteroatoms. The van der Waals surface area contributed by atoms with E-state index in [1.165, 1.54) is 5.56 Å². The molecular weight excluding hydrogens is 300 g/mol. The maximum absolute atomic E-state index is 12.4. The Morgan fingerprint density at radius 2 is 2.09 bits per heavy atom. The Kier molecular flexibility index (Phi) is 6.59. The first kappa shape index (κ1) is 18.2. The summed E-state index contributed by atoms with van der Waals surface area (Å²) in [6.07, 6.45) is 1.65. The summed E-state index contributed by atoms with van der Waals surface area (Å²) in [7, 11) is 3.68. The lowest BCUT2D eigenvalue weighted by atomic mass is 10.2. The smallest absolute Gasteiger partial charge is 0.257 e. The zero-order valence-corrected chi connectivity index (χ0v) is 14.3. The van der Waals surface area contributed by atoms with Gasteiger partial charge in [-0.25, -0.2) is 4.68 Å². The average Bonchev–Trinajstić information content (AvgIpc) is 2.85. The lowest BCUT2D eigenvalue weighted by Gasteiger charge is -2.16. The van der Waals surface area contributed by atoms with E-state index in [0.717, 1.165) is 17.9 Å². The number of amides is 1. The lowest BCUT2D eigenvalue weighted by Crippen LogP contribution is -2.33. The second kappa shape index (κ2) is 7.96. The molecule has 0 bridgehead atoms. The summed E-state index contributed by atoms with van der Waals surface area (Å²) in [5.74, 6) is 0.00153. The Morgan fingerprint density at radius 1 is 1.36 bits per heavy atom. The molecule has 2 aromatic rings. The number of carbonyl (C=O) groups is 1. The lowest BCUT2D eigenvalue weighted by molar-refractivity contribution is 0.0796. The molecule has 1 N–H and O–H groups in total. The highest BCUT2D eigenvalue weighted by Crippen LogP contribution is 2.16. The van der Waals surface area contributed by atoms with Crippen LogP contribution in [0.15, 0.2) is 30.5 Å². The minimum absolute atomic E-state index is 0. The number of aryl methyl sites for hydroxylation is 1. The van der Waals surface area contributed by atoms with Crippen molar-refractivity contribution in [3.8, 4) is 5.69 Å². The van der Waals surface area contributed by atoms with Crippen molar-refractivity contribution in [2.45, 2.75) is 13.8 Å². The number of benzene rings is 1. The van der Waals surface area contributed by atoms with Crippen LogP contribution in [0.5, 0.6) is 0 Å². The fraction of sp³-hybridized carbons (Fsp3) is 0.375. The number of nitrogens with one attached hydrogen (secondary N) is 1. The summed E-state index contributed by atoms with van der Waals surface area (Å²) < 4.78 is 1.81. The Balaban J connectivity index is 0.00000242. The number of likely N-dealkylation sites (N-methyl/N-ethyl adjacent to an activating group) is 2. The predicted octanol–water partition coefficient (Wildman–Crippen LogP) is 2.20. The van der Waals surface area contributed by atoms with Crippen LogP contribution in [0.4, 0.5) is 0 Å². The monoisotopic (exact) mass is 322 g/mol. The molecule has 22 heavy (non-hydrogen) atoms. The molecule has 0 saturated heterocycles. The molecule has 0 aliphatic heterocycles. The van der Waals surface area contributed by atoms with Crippen LogP contribution in [0.2, 0.25) is 0 Å². The second-order valence-electron chi connectivity index (χ2n) is 5.22. The van der Waals surface area contributed by atoms with E-state index in [0.29, 0.717) is 12.1 Å². The summed E-state index contributed by atoms with van der Waals surface area (Å²) in [6.45, 7) is 5.41. The van der Waals surface area contributed by atoms with E-state index >= 15 is 0 Å². The van der Waals surface area contributed by atoms with Crippen molar-refractivity contribution in [3.05, 3.63) is 47.3 Å². The topological polar surface area (TPSA) is 50.2 Å². The fourth-order valence-electron chi connectivity index (χ4n) is 2.23. The zero-order chi connectivity index (χ0) is 15.4. The van der Waals surface area contributed by atoms with Gasteiger partial charge in [-0.2, -0.15) is 5.10 Å². The molecule has 0 saturated carbocycles. The summed E-state index contributed by atoms with van der Waals surface area (Å²) >= 11 is 0. The van der Waals surface area contributed by atoms with Gasteiger partial charge in [0.25, 0.3) is 5.91 Å². The van der Waals surface area contributed by atoms with Gasteiger partial charge < -0.3 is 10.2 Å². The van der Waals surface area contributed by atoms with Gasteiger partial charge in [0.05, 0.1) is 23.1 Å². The van der Waals surface area contributed by atoms with Gasteiger partial charge in [-0.1, -0.05) is 12.1 Å². The van der Waals surface area contributed by atoms with E-state index in [1.807, 2.05) is 50.8 Å². The Morgan fingerprint density at radius 3 is 2.73 bits per heavy atom. The number of hydrogen-bond acceptors (Lipinski definition) is 3. The standard InChI is InChI=1S/C16H22N4O.ClH/c1-12-6-5-7-14(10-12)20-13(2)15(11-18-20)16(21)19(4)9-8-17-3;/h5-7,10-11,17H,8-9H2,1-4H3;1H. The van der Waals surface area contributed by atoms with Gasteiger partial charge in [0.15, 0.2) is 0 Å². The van der Waals surface area contributed by atoms with Crippen LogP contribution in [-0.4, -0.2) is 47.8 Å². The van der Waals surface area contributed by atoms with Gasteiger partial charge in [-0.05, 0) is 38.6 Å². The molecule has 0 spiro atoms. The van der Waals surface area contributed by atoms with Crippen molar-refractivity contribution in [1.29, 1.82) is 0 Å². The van der Waals surface area contributed by atoms with Crippen molar-refractivity contribution < 1.29 is 4.79 Å². The summed E-state index contributed by atoms with van der Waals surface area (Å²) in [6, 6.07) is 8.08. The summed E-state index contributed by atoms with van der Waals surface area (Å²) in [5.41, 5.74) is 3.66. The molecule has 2 rings (SSSR count). The van der Waals surface area contributed by atoms with E-state index in [4.69, 9.17) is 0 Å². The molecule has 0 atom stereocenters. The molecule has 0 unspecified atom stereocenters. The van der Waals surface area contributed by atoms with Gasteiger partial charge in [-0.15, -0.1) is 12.4 Å². The van der Waals surface area contributed by atoms with Gasteiger partial charge in [-0.3, -0.25) is 4.79 Å². The van der Waals surface area contributed by atoms with Gasteiger partial charge in [0.1, 0.15) is 0 Å². The van der Waals surface area contributed by atoms with E-state index < -0.39 is 0 Å². The highest BCUT2D eigenvalue weighted by molar-refractivity contribution is 5.95. The van der Waals surface area contributed by atoms with Crippen LogP contribution in [-0.2, 0) is 0 Å². The maximum atomic E-state index is 12.4. The predicted molar refractivity (Wildman–Crippen MR) is 91.2 cm³/mol. The zero-order valence-electron chi connectivity index (χ0n) is 13.5. The molecule has 1 amide bonds. The first-order valence-corrected chi connectivity index (χ1v) is 7.06. The molecule has 0 aliphatic carbocycles. The van der Waals surface area contributed by atoms with Crippen LogP contribution in [0.1, 0.15) is 21.6 Å². The molecule has 1 aromatic heterocycles. The largest absolute Gasteiger partial charge is 0.340 e. The molecule has 5 nitrogen and oxygen atoms in total. The summed E-state index contributed by atoms with van der Waals surface area (Å²) in [4.78, 5) is 14.1. The van der Waals surface area contributed by atoms with Crippen LogP contribution in [0.3, 0.4) is 0 Å². The minimum atomic E-state index is 0. The number of hydrogen-bond donors (Lipinski definition) is 1. The third-order valence-corrected chi connectivity index (χ3v) is 3.53. The first-order valence-electron chi connectivity index (χ1n) is 7.06. The van der Waals surface area contributed by atoms with Crippen molar-refractivity contribution in [2.24, 2.45) is 0 Å². The molecule has 1 aromatic carbocycles. The van der Waals surface area contributed by atoms with Crippen molar-refractivity contribution >= 4 is 18.3 Å². The number of carbonyl (C=O) groups excluding carboxylic acids is 1. The highest BCUT2D eigenvalue weighted by Gasteiger charge is 2.18. The second-order valence-corrected chi connectivity index (χ2v) is 5.22. The van der Waals surface area contributed by atoms with Crippen molar-refractivity contribution in [3.63, 3.8) is 0 Å². The van der Waals surface area contributed by atoms with Crippen molar-refractivity contribution in [1.82, 2.24) is 20.0 Å². The molecular formula is C16H23ClN4O. The van der Waals surface area contributed by atoms with Crippen LogP contribution in [0, 0.1) is 13.8 Å². The molecule has 0 radical (unpaired) electrons. The molecule has 0 aliphatic rings. The van der Waals surface area contributed by atoms with E-state index in [2.05, 4.69) is 16.5 Å². The van der Waals surface area contributed by atoms with Gasteiger partial charge in [0, 0.05) is 20.1 Å². The number of aromatic nitrogens is 2. The average molecular weight is 323 g/mol. The third-order valence-electron chi connectivity index (χ3n) is 3.53. The number of halogens is 1. The van der Waals surface area contributed by atoms with Crippen LogP contribution >= 0.6 is 12.4 Å². The molecule has 1 heterocycles. The Hall–Kier alpha value is -1.85. The number of rotatable bonds is 5. The maximum Gasteiger partial charge on any atom is 0.257 e. The SMILES string of the molecule is CNCCN(C)C(=O)c1cnn(-c2cccc(C)c2)c1C.Cl. The summed E-state index contributed by atoms with van der Waals surface area (Å²) in [5, 5.41) is 7.41. The van der Waals surface area contributed by atoms with Crippen molar-refractivity contribution in [2.75, 3.05) is 27.2 Å². The van der Waals surface area contributed by atoms with Crippen LogP contribution in [0.25, 0.3) is 5.69 Å². The van der Waals surface area contributed by atoms with Gasteiger partial charge in [0.2, 0.25) is 0 Å². The van der Waals surface area contributed by atoms with E-state index in [1.54, 1.807) is 11.1 Å². The normalized spacial score (nSPS) is 10.2. The fourth-order valence-corrected chi connectivity index (χ4v) is 2.23. The highest BCUT2D eigenvalue weighted by atomic mass is 35.5. The van der Waals surface area contributed by atoms with E-state index in [-0.39, 0.29) is 18.3 Å². The quantitative estimate of drug-likeness (QED) is 0.918. The number of nitrogens with zero attached hydrogens (tertiary/aromatic N) is 3. The van der Waals surface area contributed by atoms with Gasteiger partial charge >= 0.3 is 0 Å². The first-order chi connectivity index (χ1) is 10.0. The third kappa shape index (κ3) is 3.87. The van der Waals surface area contributed by atoms with Crippen LogP contribution < -0.4 is 5.32 Å².